The fraction of sp³-hybridized carbons (Fsp3) is 0.421. The lowest BCUT2D eigenvalue weighted by Gasteiger charge is -2.35. The Morgan fingerprint density at radius 3 is 2.18 bits per heavy atom. The van der Waals surface area contributed by atoms with Crippen LogP contribution in [0.4, 0.5) is 19.0 Å². The average Bonchev–Trinajstić information content (AvgIpc) is 3.52. The van der Waals surface area contributed by atoms with Gasteiger partial charge in [0.1, 0.15) is 5.75 Å². The van der Waals surface area contributed by atoms with Crippen molar-refractivity contribution < 1.29 is 22.7 Å². The minimum Gasteiger partial charge on any atom is -0.406 e. The molecule has 6 nitrogen and oxygen atoms in total. The second kappa shape index (κ2) is 7.29. The van der Waals surface area contributed by atoms with Crippen LogP contribution in [0.2, 0.25) is 0 Å². The topological polar surface area (TPSA) is 58.6 Å². The molecule has 2 heterocycles. The molecule has 0 bridgehead atoms. The second-order valence-corrected chi connectivity index (χ2v) is 6.94. The Labute approximate surface area is 159 Å². The minimum absolute atomic E-state index is 0.214. The first-order valence-electron chi connectivity index (χ1n) is 9.13. The highest BCUT2D eigenvalue weighted by molar-refractivity contribution is 5.94. The number of halogens is 3. The number of anilines is 1. The first-order valence-corrected chi connectivity index (χ1v) is 9.13. The Bertz CT molecular complexity index is 828. The van der Waals surface area contributed by atoms with Crippen LogP contribution in [0.5, 0.6) is 5.75 Å². The number of nitrogens with zero attached hydrogens (tertiary/aromatic N) is 4. The molecule has 1 aromatic carbocycles. The van der Waals surface area contributed by atoms with E-state index in [-0.39, 0.29) is 11.7 Å². The summed E-state index contributed by atoms with van der Waals surface area (Å²) in [5.74, 6) is 0.796. The summed E-state index contributed by atoms with van der Waals surface area (Å²) in [5.41, 5.74) is 1.37. The Kier molecular flexibility index (Phi) is 4.82. The maximum Gasteiger partial charge on any atom is 0.573 e. The minimum atomic E-state index is -4.75. The highest BCUT2D eigenvalue weighted by Gasteiger charge is 2.31. The van der Waals surface area contributed by atoms with Crippen LogP contribution < -0.4 is 9.64 Å². The van der Waals surface area contributed by atoms with Gasteiger partial charge in [0.05, 0.1) is 5.69 Å². The summed E-state index contributed by atoms with van der Waals surface area (Å²) in [7, 11) is 0. The van der Waals surface area contributed by atoms with Crippen molar-refractivity contribution in [3.05, 3.63) is 47.7 Å². The number of alkyl halides is 3. The number of carbonyl (C=O) groups excluding carboxylic acids is 1. The molecular weight excluding hydrogens is 373 g/mol. The van der Waals surface area contributed by atoms with Crippen LogP contribution in [-0.2, 0) is 0 Å². The molecule has 1 saturated heterocycles. The third-order valence-electron chi connectivity index (χ3n) is 4.89. The number of aromatic nitrogens is 2. The van der Waals surface area contributed by atoms with Gasteiger partial charge in [0, 0.05) is 37.7 Å². The maximum absolute atomic E-state index is 12.6. The van der Waals surface area contributed by atoms with Crippen molar-refractivity contribution in [1.82, 2.24) is 15.1 Å². The van der Waals surface area contributed by atoms with Crippen molar-refractivity contribution in [2.24, 2.45) is 0 Å². The van der Waals surface area contributed by atoms with E-state index in [1.54, 1.807) is 4.90 Å². The Balaban J connectivity index is 1.33. The smallest absolute Gasteiger partial charge is 0.406 e. The van der Waals surface area contributed by atoms with Gasteiger partial charge in [0.25, 0.3) is 5.91 Å². The van der Waals surface area contributed by atoms with E-state index in [4.69, 9.17) is 0 Å². The number of hydrogen-bond acceptors (Lipinski definition) is 5. The lowest BCUT2D eigenvalue weighted by atomic mass is 10.1. The molecule has 1 aliphatic carbocycles. The molecule has 2 aromatic rings. The normalized spacial score (nSPS) is 17.5. The second-order valence-electron chi connectivity index (χ2n) is 6.94. The molecule has 1 aromatic heterocycles. The third kappa shape index (κ3) is 4.35. The van der Waals surface area contributed by atoms with Crippen molar-refractivity contribution in [2.45, 2.75) is 25.1 Å². The van der Waals surface area contributed by atoms with Gasteiger partial charge >= 0.3 is 6.36 Å². The summed E-state index contributed by atoms with van der Waals surface area (Å²) in [5, 5.41) is 8.58. The molecule has 0 radical (unpaired) electrons. The van der Waals surface area contributed by atoms with Crippen LogP contribution in [0.25, 0.3) is 0 Å². The first-order chi connectivity index (χ1) is 13.4. The van der Waals surface area contributed by atoms with E-state index in [0.717, 1.165) is 23.6 Å². The fourth-order valence-corrected chi connectivity index (χ4v) is 3.22. The molecule has 9 heteroatoms. The number of ether oxygens (including phenoxy) is 1. The molecule has 0 unspecified atom stereocenters. The molecule has 148 valence electrons. The van der Waals surface area contributed by atoms with Crippen LogP contribution in [0.1, 0.15) is 34.8 Å². The predicted octanol–water partition coefficient (Wildman–Crippen LogP) is 3.22. The zero-order valence-electron chi connectivity index (χ0n) is 15.0. The largest absolute Gasteiger partial charge is 0.573 e. The summed E-state index contributed by atoms with van der Waals surface area (Å²) < 4.78 is 40.5. The molecule has 2 fully saturated rings. The van der Waals surface area contributed by atoms with E-state index < -0.39 is 6.36 Å². The highest BCUT2D eigenvalue weighted by Crippen LogP contribution is 2.38. The maximum atomic E-state index is 12.6. The van der Waals surface area contributed by atoms with Gasteiger partial charge in [-0.25, -0.2) is 0 Å². The molecular formula is C19H19F3N4O2. The number of amides is 1. The van der Waals surface area contributed by atoms with Gasteiger partial charge in [-0.15, -0.1) is 18.3 Å². The monoisotopic (exact) mass is 392 g/mol. The lowest BCUT2D eigenvalue weighted by molar-refractivity contribution is -0.274. The van der Waals surface area contributed by atoms with Crippen LogP contribution in [0, 0.1) is 0 Å². The van der Waals surface area contributed by atoms with Crippen molar-refractivity contribution in [3.63, 3.8) is 0 Å². The summed E-state index contributed by atoms with van der Waals surface area (Å²) in [6.45, 7) is 2.26. The summed E-state index contributed by atoms with van der Waals surface area (Å²) in [4.78, 5) is 16.3. The van der Waals surface area contributed by atoms with E-state index in [0.29, 0.717) is 37.7 Å². The number of carbonyl (C=O) groups is 1. The van der Waals surface area contributed by atoms with Crippen molar-refractivity contribution in [2.75, 3.05) is 31.1 Å². The molecule has 1 amide bonds. The standard InChI is InChI=1S/C19H19F3N4O2/c20-19(21,22)28-15-5-3-14(4-6-15)18(27)26-11-9-25(10-12-26)17-8-7-16(23-24-17)13-1-2-13/h3-8,13H,1-2,9-12H2. The molecule has 0 atom stereocenters. The highest BCUT2D eigenvalue weighted by atomic mass is 19.4. The van der Waals surface area contributed by atoms with Gasteiger partial charge in [-0.2, -0.15) is 5.10 Å². The van der Waals surface area contributed by atoms with Crippen LogP contribution in [0.15, 0.2) is 36.4 Å². The Morgan fingerprint density at radius 2 is 1.64 bits per heavy atom. The molecule has 2 aliphatic rings. The van der Waals surface area contributed by atoms with Gasteiger partial charge < -0.3 is 14.5 Å². The Hall–Kier alpha value is -2.84. The number of benzene rings is 1. The van der Waals surface area contributed by atoms with E-state index in [1.165, 1.54) is 25.0 Å². The molecule has 28 heavy (non-hydrogen) atoms. The van der Waals surface area contributed by atoms with E-state index in [9.17, 15) is 18.0 Å². The van der Waals surface area contributed by atoms with Gasteiger partial charge in [-0.05, 0) is 49.2 Å². The zero-order chi connectivity index (χ0) is 19.7. The first kappa shape index (κ1) is 18.5. The van der Waals surface area contributed by atoms with Gasteiger partial charge in [0.2, 0.25) is 0 Å². The molecule has 1 saturated carbocycles. The SMILES string of the molecule is O=C(c1ccc(OC(F)(F)F)cc1)N1CCN(c2ccc(C3CC3)nn2)CC1. The van der Waals surface area contributed by atoms with Gasteiger partial charge in [-0.1, -0.05) is 0 Å². The molecule has 0 N–H and O–H groups in total. The molecule has 0 spiro atoms. The number of rotatable bonds is 4. The van der Waals surface area contributed by atoms with Crippen LogP contribution in [0.3, 0.4) is 0 Å². The van der Waals surface area contributed by atoms with Gasteiger partial charge in [-0.3, -0.25) is 4.79 Å². The van der Waals surface area contributed by atoms with Crippen LogP contribution in [-0.4, -0.2) is 53.5 Å². The number of hydrogen-bond donors (Lipinski definition) is 0. The summed E-state index contributed by atoms with van der Waals surface area (Å²) in [6, 6.07) is 8.97. The summed E-state index contributed by atoms with van der Waals surface area (Å²) >= 11 is 0. The summed E-state index contributed by atoms with van der Waals surface area (Å²) in [6.07, 6.45) is -2.39. The van der Waals surface area contributed by atoms with E-state index >= 15 is 0 Å². The third-order valence-corrected chi connectivity index (χ3v) is 4.89. The predicted molar refractivity (Wildman–Crippen MR) is 95.2 cm³/mol. The van der Waals surface area contributed by atoms with E-state index in [1.807, 2.05) is 12.1 Å². The average molecular weight is 392 g/mol. The van der Waals surface area contributed by atoms with Crippen molar-refractivity contribution >= 4 is 11.7 Å². The molecule has 4 rings (SSSR count). The zero-order valence-corrected chi connectivity index (χ0v) is 15.0. The lowest BCUT2D eigenvalue weighted by Crippen LogP contribution is -2.49. The van der Waals surface area contributed by atoms with Crippen molar-refractivity contribution in [3.8, 4) is 5.75 Å². The van der Waals surface area contributed by atoms with E-state index in [2.05, 4.69) is 19.8 Å². The van der Waals surface area contributed by atoms with Crippen LogP contribution >= 0.6 is 0 Å². The molecule has 1 aliphatic heterocycles. The fourth-order valence-electron chi connectivity index (χ4n) is 3.22. The number of piperazine rings is 1. The van der Waals surface area contributed by atoms with Crippen molar-refractivity contribution in [1.29, 1.82) is 0 Å². The Morgan fingerprint density at radius 1 is 0.964 bits per heavy atom. The van der Waals surface area contributed by atoms with Gasteiger partial charge in [0.15, 0.2) is 5.82 Å². The quantitative estimate of drug-likeness (QED) is 0.800.